The Bertz CT molecular complexity index is 414. The van der Waals surface area contributed by atoms with Gasteiger partial charge in [0, 0.05) is 17.5 Å². The maximum atomic E-state index is 11.8. The fourth-order valence-corrected chi connectivity index (χ4v) is 2.68. The molecule has 1 heterocycles. The summed E-state index contributed by atoms with van der Waals surface area (Å²) >= 11 is 0. The second-order valence-electron chi connectivity index (χ2n) is 5.87. The number of rotatable bonds is 4. The van der Waals surface area contributed by atoms with Crippen LogP contribution in [-0.2, 0) is 4.79 Å². The van der Waals surface area contributed by atoms with E-state index in [0.29, 0.717) is 0 Å². The molecule has 0 bridgehead atoms. The van der Waals surface area contributed by atoms with E-state index in [-0.39, 0.29) is 23.4 Å². The van der Waals surface area contributed by atoms with Crippen molar-refractivity contribution >= 4 is 5.91 Å². The normalized spacial score (nSPS) is 21.6. The lowest BCUT2D eigenvalue weighted by molar-refractivity contribution is -0.123. The Morgan fingerprint density at radius 2 is 1.90 bits per heavy atom. The third-order valence-corrected chi connectivity index (χ3v) is 3.64. The Morgan fingerprint density at radius 1 is 1.30 bits per heavy atom. The molecule has 3 nitrogen and oxygen atoms in total. The Morgan fingerprint density at radius 3 is 2.40 bits per heavy atom. The van der Waals surface area contributed by atoms with Gasteiger partial charge in [-0.25, -0.2) is 0 Å². The summed E-state index contributed by atoms with van der Waals surface area (Å²) in [6, 6.07) is 10.1. The standard InChI is InChI=1S/C15H22N2O.C2H6/c1-15(2)10-12(14(18)17-15)8-9-13(16)11-6-4-3-5-7-11;1-2/h3-7,12-13H,8-10,16H2,1-2H3,(H,17,18);1-2H3. The molecule has 3 heteroatoms. The third-order valence-electron chi connectivity index (χ3n) is 3.64. The minimum Gasteiger partial charge on any atom is -0.351 e. The Labute approximate surface area is 122 Å². The van der Waals surface area contributed by atoms with Crippen LogP contribution in [0.3, 0.4) is 0 Å². The van der Waals surface area contributed by atoms with Gasteiger partial charge in [0.25, 0.3) is 0 Å². The maximum absolute atomic E-state index is 11.8. The van der Waals surface area contributed by atoms with E-state index in [4.69, 9.17) is 5.73 Å². The fraction of sp³-hybridized carbons (Fsp3) is 0.588. The summed E-state index contributed by atoms with van der Waals surface area (Å²) in [7, 11) is 0. The molecule has 2 rings (SSSR count). The van der Waals surface area contributed by atoms with E-state index < -0.39 is 0 Å². The van der Waals surface area contributed by atoms with Crippen molar-refractivity contribution in [2.45, 2.75) is 58.5 Å². The van der Waals surface area contributed by atoms with Crippen LogP contribution in [0.5, 0.6) is 0 Å². The molecule has 1 aromatic carbocycles. The number of carbonyl (C=O) groups excluding carboxylic acids is 1. The average Bonchev–Trinajstić information content (AvgIpc) is 2.72. The summed E-state index contributed by atoms with van der Waals surface area (Å²) in [4.78, 5) is 11.8. The molecule has 1 amide bonds. The maximum Gasteiger partial charge on any atom is 0.223 e. The summed E-state index contributed by atoms with van der Waals surface area (Å²) in [5.74, 6) is 0.301. The SMILES string of the molecule is CC.CC1(C)CC(CCC(N)c2ccccc2)C(=O)N1. The van der Waals surface area contributed by atoms with Crippen LogP contribution in [0.25, 0.3) is 0 Å². The van der Waals surface area contributed by atoms with Crippen molar-refractivity contribution in [3.05, 3.63) is 35.9 Å². The van der Waals surface area contributed by atoms with Crippen molar-refractivity contribution in [3.8, 4) is 0 Å². The van der Waals surface area contributed by atoms with Crippen molar-refractivity contribution in [1.29, 1.82) is 0 Å². The van der Waals surface area contributed by atoms with Crippen LogP contribution in [0.2, 0.25) is 0 Å². The zero-order chi connectivity index (χ0) is 15.2. The first kappa shape index (κ1) is 16.7. The van der Waals surface area contributed by atoms with E-state index in [1.807, 2.05) is 44.2 Å². The molecule has 0 aromatic heterocycles. The first-order chi connectivity index (χ1) is 9.48. The minimum atomic E-state index is -0.0570. The van der Waals surface area contributed by atoms with Crippen LogP contribution in [0.1, 0.15) is 58.6 Å². The van der Waals surface area contributed by atoms with Crippen molar-refractivity contribution in [1.82, 2.24) is 5.32 Å². The van der Waals surface area contributed by atoms with Crippen molar-refractivity contribution < 1.29 is 4.79 Å². The first-order valence-electron chi connectivity index (χ1n) is 7.60. The third kappa shape index (κ3) is 4.64. The summed E-state index contributed by atoms with van der Waals surface area (Å²) in [6.07, 6.45) is 2.64. The lowest BCUT2D eigenvalue weighted by Crippen LogP contribution is -2.34. The fourth-order valence-electron chi connectivity index (χ4n) is 2.68. The summed E-state index contributed by atoms with van der Waals surface area (Å²) in [6.45, 7) is 8.14. The molecule has 1 aliphatic rings. The lowest BCUT2D eigenvalue weighted by Gasteiger charge is -2.17. The summed E-state index contributed by atoms with van der Waals surface area (Å²) in [5.41, 5.74) is 7.25. The summed E-state index contributed by atoms with van der Waals surface area (Å²) < 4.78 is 0. The van der Waals surface area contributed by atoms with Gasteiger partial charge in [-0.1, -0.05) is 44.2 Å². The van der Waals surface area contributed by atoms with Crippen LogP contribution >= 0.6 is 0 Å². The van der Waals surface area contributed by atoms with Gasteiger partial charge in [0.1, 0.15) is 0 Å². The zero-order valence-electron chi connectivity index (χ0n) is 13.1. The van der Waals surface area contributed by atoms with Crippen LogP contribution in [0.15, 0.2) is 30.3 Å². The van der Waals surface area contributed by atoms with Gasteiger partial charge in [0.2, 0.25) is 5.91 Å². The van der Waals surface area contributed by atoms with Gasteiger partial charge in [-0.2, -0.15) is 0 Å². The molecular formula is C17H28N2O. The van der Waals surface area contributed by atoms with Crippen LogP contribution in [0, 0.1) is 5.92 Å². The molecular weight excluding hydrogens is 248 g/mol. The molecule has 112 valence electrons. The van der Waals surface area contributed by atoms with Gasteiger partial charge in [0.05, 0.1) is 0 Å². The number of benzene rings is 1. The lowest BCUT2D eigenvalue weighted by atomic mass is 9.91. The monoisotopic (exact) mass is 276 g/mol. The predicted molar refractivity (Wildman–Crippen MR) is 84.3 cm³/mol. The van der Waals surface area contributed by atoms with Crippen LogP contribution in [0.4, 0.5) is 0 Å². The van der Waals surface area contributed by atoms with Crippen LogP contribution in [-0.4, -0.2) is 11.4 Å². The molecule has 20 heavy (non-hydrogen) atoms. The van der Waals surface area contributed by atoms with E-state index in [9.17, 15) is 4.79 Å². The molecule has 1 aromatic rings. The highest BCUT2D eigenvalue weighted by Gasteiger charge is 2.36. The molecule has 3 N–H and O–H groups in total. The van der Waals surface area contributed by atoms with Gasteiger partial charge in [-0.3, -0.25) is 4.79 Å². The molecule has 2 unspecified atom stereocenters. The number of nitrogens with one attached hydrogen (secondary N) is 1. The highest BCUT2D eigenvalue weighted by atomic mass is 16.2. The van der Waals surface area contributed by atoms with Gasteiger partial charge >= 0.3 is 0 Å². The molecule has 0 aliphatic carbocycles. The van der Waals surface area contributed by atoms with Crippen LogP contribution < -0.4 is 11.1 Å². The van der Waals surface area contributed by atoms with E-state index in [1.165, 1.54) is 0 Å². The van der Waals surface area contributed by atoms with Gasteiger partial charge in [-0.15, -0.1) is 0 Å². The molecule has 2 atom stereocenters. The van der Waals surface area contributed by atoms with Crippen molar-refractivity contribution in [2.75, 3.05) is 0 Å². The van der Waals surface area contributed by atoms with Gasteiger partial charge in [-0.05, 0) is 38.7 Å². The van der Waals surface area contributed by atoms with Gasteiger partial charge in [0.15, 0.2) is 0 Å². The second kappa shape index (κ2) is 7.44. The van der Waals surface area contributed by atoms with E-state index in [2.05, 4.69) is 19.2 Å². The molecule has 0 spiro atoms. The van der Waals surface area contributed by atoms with Crippen molar-refractivity contribution in [3.63, 3.8) is 0 Å². The Kier molecular flexibility index (Phi) is 6.21. The van der Waals surface area contributed by atoms with E-state index >= 15 is 0 Å². The first-order valence-corrected chi connectivity index (χ1v) is 7.60. The largest absolute Gasteiger partial charge is 0.351 e. The number of carbonyl (C=O) groups is 1. The van der Waals surface area contributed by atoms with E-state index in [0.717, 1.165) is 24.8 Å². The molecule has 1 fully saturated rings. The minimum absolute atomic E-state index is 0.0303. The molecule has 1 aliphatic heterocycles. The average molecular weight is 276 g/mol. The van der Waals surface area contributed by atoms with Crippen molar-refractivity contribution in [2.24, 2.45) is 11.7 Å². The highest BCUT2D eigenvalue weighted by Crippen LogP contribution is 2.29. The number of hydrogen-bond donors (Lipinski definition) is 2. The second-order valence-corrected chi connectivity index (χ2v) is 5.87. The Hall–Kier alpha value is -1.35. The highest BCUT2D eigenvalue weighted by molar-refractivity contribution is 5.81. The van der Waals surface area contributed by atoms with Gasteiger partial charge < -0.3 is 11.1 Å². The molecule has 0 radical (unpaired) electrons. The van der Waals surface area contributed by atoms with E-state index in [1.54, 1.807) is 0 Å². The molecule has 0 saturated carbocycles. The molecule has 1 saturated heterocycles. The zero-order valence-corrected chi connectivity index (χ0v) is 13.1. The quantitative estimate of drug-likeness (QED) is 0.885. The predicted octanol–water partition coefficient (Wildman–Crippen LogP) is 3.41. The number of amides is 1. The Balaban J connectivity index is 0.000000956. The number of hydrogen-bond acceptors (Lipinski definition) is 2. The topological polar surface area (TPSA) is 55.1 Å². The number of nitrogens with two attached hydrogens (primary N) is 1. The summed E-state index contributed by atoms with van der Waals surface area (Å²) in [5, 5.41) is 3.03. The smallest absolute Gasteiger partial charge is 0.223 e.